The Morgan fingerprint density at radius 2 is 1.83 bits per heavy atom. The minimum atomic E-state index is -0.588. The smallest absolute Gasteiger partial charge is 0.254 e. The highest BCUT2D eigenvalue weighted by Crippen LogP contribution is 2.18. The summed E-state index contributed by atoms with van der Waals surface area (Å²) >= 11 is 0. The number of primary amides is 1. The maximum atomic E-state index is 11.2. The van der Waals surface area contributed by atoms with Crippen LogP contribution < -0.4 is 16.4 Å². The normalized spacial score (nSPS) is 16.9. The second-order valence-electron chi connectivity index (χ2n) is 4.52. The van der Waals surface area contributed by atoms with Crippen molar-refractivity contribution in [3.8, 4) is 0 Å². The number of amides is 1. The monoisotopic (exact) mass is 250 g/mol. The summed E-state index contributed by atoms with van der Waals surface area (Å²) in [6.45, 7) is 5.34. The van der Waals surface area contributed by atoms with Crippen LogP contribution >= 0.6 is 0 Å². The van der Waals surface area contributed by atoms with E-state index in [1.54, 1.807) is 6.92 Å². The second kappa shape index (κ2) is 4.77. The summed E-state index contributed by atoms with van der Waals surface area (Å²) in [5.74, 6) is 0.141. The van der Waals surface area contributed by atoms with E-state index in [-0.39, 0.29) is 11.4 Å². The number of aromatic nitrogens is 2. The molecule has 1 fully saturated rings. The van der Waals surface area contributed by atoms with Crippen molar-refractivity contribution in [1.29, 1.82) is 0 Å². The Bertz CT molecular complexity index is 444. The molecule has 0 aromatic carbocycles. The third-order valence-electron chi connectivity index (χ3n) is 3.14. The van der Waals surface area contributed by atoms with Gasteiger partial charge in [0.25, 0.3) is 5.91 Å². The molecule has 7 nitrogen and oxygen atoms in total. The van der Waals surface area contributed by atoms with Crippen LogP contribution in [0.3, 0.4) is 0 Å². The van der Waals surface area contributed by atoms with E-state index in [1.807, 2.05) is 0 Å². The Hall–Kier alpha value is -1.89. The SMILES string of the molecule is Cc1nc(N2CCN(C)CC2)nc(N)c1C(N)=O. The molecule has 1 aromatic rings. The van der Waals surface area contributed by atoms with Crippen molar-refractivity contribution in [3.05, 3.63) is 11.3 Å². The van der Waals surface area contributed by atoms with Gasteiger partial charge in [-0.2, -0.15) is 4.98 Å². The number of carbonyl (C=O) groups is 1. The molecule has 1 aliphatic rings. The molecule has 18 heavy (non-hydrogen) atoms. The van der Waals surface area contributed by atoms with E-state index in [0.29, 0.717) is 11.6 Å². The maximum Gasteiger partial charge on any atom is 0.254 e. The predicted octanol–water partition coefficient (Wildman–Crippen LogP) is -0.782. The zero-order valence-electron chi connectivity index (χ0n) is 10.7. The predicted molar refractivity (Wildman–Crippen MR) is 69.4 cm³/mol. The van der Waals surface area contributed by atoms with Gasteiger partial charge in [0.2, 0.25) is 5.95 Å². The topological polar surface area (TPSA) is 101 Å². The van der Waals surface area contributed by atoms with Gasteiger partial charge in [-0.1, -0.05) is 0 Å². The van der Waals surface area contributed by atoms with Gasteiger partial charge in [-0.3, -0.25) is 4.79 Å². The molecule has 1 aliphatic heterocycles. The Balaban J connectivity index is 2.28. The Labute approximate surface area is 106 Å². The van der Waals surface area contributed by atoms with Gasteiger partial charge < -0.3 is 21.3 Å². The molecule has 0 unspecified atom stereocenters. The molecule has 0 aliphatic carbocycles. The zero-order chi connectivity index (χ0) is 13.3. The molecule has 0 spiro atoms. The minimum Gasteiger partial charge on any atom is -0.383 e. The number of piperazine rings is 1. The summed E-state index contributed by atoms with van der Waals surface area (Å²) in [5.41, 5.74) is 11.8. The number of likely N-dealkylation sites (N-methyl/N-ethyl adjacent to an activating group) is 1. The van der Waals surface area contributed by atoms with Gasteiger partial charge in [-0.05, 0) is 14.0 Å². The highest BCUT2D eigenvalue weighted by atomic mass is 16.1. The standard InChI is InChI=1S/C11H18N6O/c1-7-8(10(13)18)9(12)15-11(14-7)17-5-3-16(2)4-6-17/h3-6H2,1-2H3,(H2,13,18)(H2,12,14,15). The van der Waals surface area contributed by atoms with E-state index in [2.05, 4.69) is 26.8 Å². The summed E-state index contributed by atoms with van der Waals surface area (Å²) in [7, 11) is 2.08. The maximum absolute atomic E-state index is 11.2. The fraction of sp³-hybridized carbons (Fsp3) is 0.545. The first-order valence-corrected chi connectivity index (χ1v) is 5.86. The fourth-order valence-electron chi connectivity index (χ4n) is 2.03. The Kier molecular flexibility index (Phi) is 3.33. The molecule has 1 saturated heterocycles. The van der Waals surface area contributed by atoms with Crippen molar-refractivity contribution in [1.82, 2.24) is 14.9 Å². The lowest BCUT2D eigenvalue weighted by Gasteiger charge is -2.32. The fourth-order valence-corrected chi connectivity index (χ4v) is 2.03. The number of nitrogens with zero attached hydrogens (tertiary/aromatic N) is 4. The number of aryl methyl sites for hydroxylation is 1. The van der Waals surface area contributed by atoms with E-state index < -0.39 is 5.91 Å². The molecule has 7 heteroatoms. The van der Waals surface area contributed by atoms with Crippen LogP contribution in [0.4, 0.5) is 11.8 Å². The van der Waals surface area contributed by atoms with Crippen LogP contribution in [0.15, 0.2) is 0 Å². The first kappa shape index (κ1) is 12.6. The highest BCUT2D eigenvalue weighted by Gasteiger charge is 2.20. The molecule has 0 saturated carbocycles. The minimum absolute atomic E-state index is 0.156. The molecular formula is C11H18N6O. The molecule has 2 rings (SSSR count). The van der Waals surface area contributed by atoms with Crippen LogP contribution in [0.1, 0.15) is 16.1 Å². The number of nitrogen functional groups attached to an aromatic ring is 1. The van der Waals surface area contributed by atoms with Crippen LogP contribution in [-0.4, -0.2) is 54.0 Å². The van der Waals surface area contributed by atoms with Gasteiger partial charge in [0.1, 0.15) is 11.4 Å². The van der Waals surface area contributed by atoms with Crippen LogP contribution in [-0.2, 0) is 0 Å². The van der Waals surface area contributed by atoms with Crippen LogP contribution in [0.25, 0.3) is 0 Å². The zero-order valence-corrected chi connectivity index (χ0v) is 10.7. The first-order chi connectivity index (χ1) is 8.49. The number of rotatable bonds is 2. The number of anilines is 2. The number of carbonyl (C=O) groups excluding carboxylic acids is 1. The summed E-state index contributed by atoms with van der Waals surface area (Å²) in [5, 5.41) is 0. The van der Waals surface area contributed by atoms with Gasteiger partial charge in [-0.25, -0.2) is 4.98 Å². The molecule has 0 atom stereocenters. The molecule has 0 bridgehead atoms. The Morgan fingerprint density at radius 3 is 2.33 bits per heavy atom. The lowest BCUT2D eigenvalue weighted by Crippen LogP contribution is -2.45. The lowest BCUT2D eigenvalue weighted by atomic mass is 10.2. The van der Waals surface area contributed by atoms with Crippen molar-refractivity contribution in [2.24, 2.45) is 5.73 Å². The number of hydrogen-bond acceptors (Lipinski definition) is 6. The van der Waals surface area contributed by atoms with Crippen molar-refractivity contribution in [3.63, 3.8) is 0 Å². The van der Waals surface area contributed by atoms with E-state index in [4.69, 9.17) is 11.5 Å². The van der Waals surface area contributed by atoms with Gasteiger partial charge in [0.15, 0.2) is 0 Å². The first-order valence-electron chi connectivity index (χ1n) is 5.86. The van der Waals surface area contributed by atoms with Crippen molar-refractivity contribution in [2.75, 3.05) is 43.9 Å². The second-order valence-corrected chi connectivity index (χ2v) is 4.52. The van der Waals surface area contributed by atoms with Crippen LogP contribution in [0.2, 0.25) is 0 Å². The molecule has 1 aromatic heterocycles. The molecule has 1 amide bonds. The van der Waals surface area contributed by atoms with Gasteiger partial charge in [0.05, 0.1) is 5.69 Å². The number of nitrogens with two attached hydrogens (primary N) is 2. The molecule has 2 heterocycles. The van der Waals surface area contributed by atoms with Crippen LogP contribution in [0, 0.1) is 6.92 Å². The molecule has 4 N–H and O–H groups in total. The average molecular weight is 250 g/mol. The van der Waals surface area contributed by atoms with Crippen molar-refractivity contribution < 1.29 is 4.79 Å². The summed E-state index contributed by atoms with van der Waals surface area (Å²) < 4.78 is 0. The van der Waals surface area contributed by atoms with Crippen molar-refractivity contribution >= 4 is 17.7 Å². The van der Waals surface area contributed by atoms with E-state index >= 15 is 0 Å². The molecule has 98 valence electrons. The average Bonchev–Trinajstić information content (AvgIpc) is 2.28. The van der Waals surface area contributed by atoms with E-state index in [9.17, 15) is 4.79 Å². The van der Waals surface area contributed by atoms with Gasteiger partial charge in [-0.15, -0.1) is 0 Å². The van der Waals surface area contributed by atoms with E-state index in [0.717, 1.165) is 26.2 Å². The third-order valence-corrected chi connectivity index (χ3v) is 3.14. The van der Waals surface area contributed by atoms with Crippen molar-refractivity contribution in [2.45, 2.75) is 6.92 Å². The lowest BCUT2D eigenvalue weighted by molar-refractivity contribution is 0.1000. The summed E-state index contributed by atoms with van der Waals surface area (Å²) in [6.07, 6.45) is 0. The summed E-state index contributed by atoms with van der Waals surface area (Å²) in [4.78, 5) is 24.0. The largest absolute Gasteiger partial charge is 0.383 e. The van der Waals surface area contributed by atoms with Gasteiger partial charge in [0, 0.05) is 26.2 Å². The molecule has 0 radical (unpaired) electrons. The van der Waals surface area contributed by atoms with Crippen LogP contribution in [0.5, 0.6) is 0 Å². The van der Waals surface area contributed by atoms with E-state index in [1.165, 1.54) is 0 Å². The highest BCUT2D eigenvalue weighted by molar-refractivity contribution is 5.98. The summed E-state index contributed by atoms with van der Waals surface area (Å²) in [6, 6.07) is 0. The Morgan fingerprint density at radius 1 is 1.22 bits per heavy atom. The molecular weight excluding hydrogens is 232 g/mol. The quantitative estimate of drug-likeness (QED) is 0.714. The number of hydrogen-bond donors (Lipinski definition) is 2. The third kappa shape index (κ3) is 2.35. The van der Waals surface area contributed by atoms with Gasteiger partial charge >= 0.3 is 0 Å².